The summed E-state index contributed by atoms with van der Waals surface area (Å²) in [5.74, 6) is -3.01. The number of carbonyl (C=O) groups is 3. The van der Waals surface area contributed by atoms with Crippen LogP contribution in [0.25, 0.3) is 0 Å². The number of nitrogens with one attached hydrogen (secondary N) is 2. The minimum Gasteiger partial charge on any atom is -0.345 e. The van der Waals surface area contributed by atoms with Crippen LogP contribution in [0.15, 0.2) is 54.6 Å². The van der Waals surface area contributed by atoms with Crippen LogP contribution < -0.4 is 10.6 Å². The molecule has 0 unspecified atom stereocenters. The number of ketones is 1. The summed E-state index contributed by atoms with van der Waals surface area (Å²) in [5, 5.41) is 5.18. The molecule has 5 heteroatoms. The third kappa shape index (κ3) is 2.61. The fraction of sp³-hybridized carbons (Fsp3) is 0.118. The lowest BCUT2D eigenvalue weighted by atomic mass is 9.95. The summed E-state index contributed by atoms with van der Waals surface area (Å²) in [7, 11) is 0. The Morgan fingerprint density at radius 3 is 2.45 bits per heavy atom. The number of para-hydroxylation sites is 1. The Bertz CT molecular complexity index is 741. The number of hydrogen-bond acceptors (Lipinski definition) is 3. The number of rotatable bonds is 4. The van der Waals surface area contributed by atoms with Crippen LogP contribution in [0, 0.1) is 0 Å². The molecule has 0 radical (unpaired) electrons. The monoisotopic (exact) mass is 294 g/mol. The van der Waals surface area contributed by atoms with Crippen molar-refractivity contribution in [1.29, 1.82) is 0 Å². The Morgan fingerprint density at radius 2 is 1.68 bits per heavy atom. The van der Waals surface area contributed by atoms with Gasteiger partial charge in [-0.25, -0.2) is 0 Å². The lowest BCUT2D eigenvalue weighted by Gasteiger charge is -2.08. The molecule has 1 aliphatic rings. The highest BCUT2D eigenvalue weighted by Crippen LogP contribution is 2.32. The average molecular weight is 294 g/mol. The molecule has 0 saturated carbocycles. The van der Waals surface area contributed by atoms with Gasteiger partial charge in [0, 0.05) is 12.2 Å². The smallest absolute Gasteiger partial charge is 0.288 e. The minimum atomic E-state index is -1.06. The zero-order chi connectivity index (χ0) is 15.5. The summed E-state index contributed by atoms with van der Waals surface area (Å²) in [6, 6.07) is 16.2. The van der Waals surface area contributed by atoms with Gasteiger partial charge in [0.05, 0.1) is 0 Å². The summed E-state index contributed by atoms with van der Waals surface area (Å²) in [6.07, 6.45) is 0. The number of Topliss-reactive ketones (excluding diaryl/α,β-unsaturated/α-hetero) is 1. The molecule has 5 nitrogen and oxygen atoms in total. The predicted molar refractivity (Wildman–Crippen MR) is 81.1 cm³/mol. The van der Waals surface area contributed by atoms with E-state index < -0.39 is 23.5 Å². The van der Waals surface area contributed by atoms with Gasteiger partial charge in [-0.3, -0.25) is 14.4 Å². The van der Waals surface area contributed by atoms with Gasteiger partial charge in [0.15, 0.2) is 0 Å². The van der Waals surface area contributed by atoms with Gasteiger partial charge in [-0.2, -0.15) is 0 Å². The Morgan fingerprint density at radius 1 is 1.00 bits per heavy atom. The second kappa shape index (κ2) is 5.81. The first kappa shape index (κ1) is 14.0. The van der Waals surface area contributed by atoms with E-state index >= 15 is 0 Å². The molecule has 1 heterocycles. The Labute approximate surface area is 127 Å². The molecule has 1 aliphatic heterocycles. The van der Waals surface area contributed by atoms with Gasteiger partial charge in [0.2, 0.25) is 11.7 Å². The highest BCUT2D eigenvalue weighted by molar-refractivity contribution is 6.44. The number of benzene rings is 2. The maximum absolute atomic E-state index is 12.3. The quantitative estimate of drug-likeness (QED) is 0.664. The van der Waals surface area contributed by atoms with Crippen LogP contribution in [0.5, 0.6) is 0 Å². The van der Waals surface area contributed by atoms with Gasteiger partial charge < -0.3 is 10.6 Å². The van der Waals surface area contributed by atoms with Crippen molar-refractivity contribution in [3.63, 3.8) is 0 Å². The molecule has 2 aromatic carbocycles. The first-order valence-corrected chi connectivity index (χ1v) is 6.92. The number of amides is 2. The first-order chi connectivity index (χ1) is 10.7. The molecule has 3 rings (SSSR count). The van der Waals surface area contributed by atoms with E-state index in [1.165, 1.54) is 0 Å². The molecular formula is C17H14N2O3. The highest BCUT2D eigenvalue weighted by atomic mass is 16.2. The normalized spacial score (nSPS) is 15.8. The molecule has 22 heavy (non-hydrogen) atoms. The van der Waals surface area contributed by atoms with Gasteiger partial charge in [-0.05, 0) is 17.2 Å². The Hall–Kier alpha value is -2.95. The molecule has 2 aromatic rings. The SMILES string of the molecule is O=C(NCc1ccccc1)C(=O)[C@@H]1C(=O)Nc2ccccc21. The third-order valence-electron chi connectivity index (χ3n) is 3.57. The van der Waals surface area contributed by atoms with E-state index in [-0.39, 0.29) is 6.54 Å². The summed E-state index contributed by atoms with van der Waals surface area (Å²) < 4.78 is 0. The second-order valence-electron chi connectivity index (χ2n) is 5.04. The largest absolute Gasteiger partial charge is 0.345 e. The van der Waals surface area contributed by atoms with Crippen molar-refractivity contribution >= 4 is 23.3 Å². The fourth-order valence-corrected chi connectivity index (χ4v) is 2.47. The molecule has 0 bridgehead atoms. The first-order valence-electron chi connectivity index (χ1n) is 6.92. The minimum absolute atomic E-state index is 0.251. The zero-order valence-corrected chi connectivity index (χ0v) is 11.7. The van der Waals surface area contributed by atoms with Crippen LogP contribution in [-0.2, 0) is 20.9 Å². The third-order valence-corrected chi connectivity index (χ3v) is 3.57. The molecule has 110 valence electrons. The van der Waals surface area contributed by atoms with Gasteiger partial charge in [0.25, 0.3) is 5.91 Å². The number of hydrogen-bond donors (Lipinski definition) is 2. The van der Waals surface area contributed by atoms with Crippen LogP contribution in [0.3, 0.4) is 0 Å². The highest BCUT2D eigenvalue weighted by Gasteiger charge is 2.39. The molecule has 2 N–H and O–H groups in total. The van der Waals surface area contributed by atoms with E-state index in [1.54, 1.807) is 24.3 Å². The Kier molecular flexibility index (Phi) is 3.70. The predicted octanol–water partition coefficient (Wildman–Crippen LogP) is 1.61. The molecule has 0 spiro atoms. The van der Waals surface area contributed by atoms with Gasteiger partial charge in [0.1, 0.15) is 5.92 Å². The number of anilines is 1. The average Bonchev–Trinajstić information content (AvgIpc) is 2.88. The van der Waals surface area contributed by atoms with Crippen molar-refractivity contribution in [2.45, 2.75) is 12.5 Å². The van der Waals surface area contributed by atoms with Crippen LogP contribution in [0.1, 0.15) is 17.0 Å². The maximum Gasteiger partial charge on any atom is 0.288 e. The van der Waals surface area contributed by atoms with Crippen molar-refractivity contribution in [3.05, 3.63) is 65.7 Å². The lowest BCUT2D eigenvalue weighted by Crippen LogP contribution is -2.36. The number of carbonyl (C=O) groups excluding carboxylic acids is 3. The van der Waals surface area contributed by atoms with E-state index in [2.05, 4.69) is 10.6 Å². The maximum atomic E-state index is 12.3. The van der Waals surface area contributed by atoms with Crippen LogP contribution in [-0.4, -0.2) is 17.6 Å². The van der Waals surface area contributed by atoms with Gasteiger partial charge in [-0.1, -0.05) is 48.5 Å². The van der Waals surface area contributed by atoms with E-state index in [0.29, 0.717) is 11.3 Å². The Balaban J connectivity index is 1.71. The zero-order valence-electron chi connectivity index (χ0n) is 11.7. The fourth-order valence-electron chi connectivity index (χ4n) is 2.47. The molecule has 0 aromatic heterocycles. The number of fused-ring (bicyclic) bond motifs is 1. The molecule has 2 amide bonds. The molecule has 0 fully saturated rings. The molecular weight excluding hydrogens is 280 g/mol. The summed E-state index contributed by atoms with van der Waals surface area (Å²) in [5.41, 5.74) is 2.02. The van der Waals surface area contributed by atoms with E-state index in [4.69, 9.17) is 0 Å². The van der Waals surface area contributed by atoms with Crippen molar-refractivity contribution in [3.8, 4) is 0 Å². The van der Waals surface area contributed by atoms with Gasteiger partial charge in [-0.15, -0.1) is 0 Å². The van der Waals surface area contributed by atoms with Crippen LogP contribution in [0.2, 0.25) is 0 Å². The lowest BCUT2D eigenvalue weighted by molar-refractivity contribution is -0.140. The topological polar surface area (TPSA) is 75.3 Å². The van der Waals surface area contributed by atoms with E-state index in [0.717, 1.165) is 5.56 Å². The summed E-state index contributed by atoms with van der Waals surface area (Å²) >= 11 is 0. The summed E-state index contributed by atoms with van der Waals surface area (Å²) in [6.45, 7) is 0.251. The van der Waals surface area contributed by atoms with Crippen molar-refractivity contribution in [2.24, 2.45) is 0 Å². The molecule has 1 atom stereocenters. The second-order valence-corrected chi connectivity index (χ2v) is 5.04. The molecule has 0 saturated heterocycles. The van der Waals surface area contributed by atoms with Crippen molar-refractivity contribution in [2.75, 3.05) is 5.32 Å². The van der Waals surface area contributed by atoms with Crippen molar-refractivity contribution < 1.29 is 14.4 Å². The van der Waals surface area contributed by atoms with E-state index in [1.807, 2.05) is 30.3 Å². The van der Waals surface area contributed by atoms with Crippen LogP contribution in [0.4, 0.5) is 5.69 Å². The van der Waals surface area contributed by atoms with Crippen molar-refractivity contribution in [1.82, 2.24) is 5.32 Å². The molecule has 0 aliphatic carbocycles. The van der Waals surface area contributed by atoms with Gasteiger partial charge >= 0.3 is 0 Å². The van der Waals surface area contributed by atoms with Crippen LogP contribution >= 0.6 is 0 Å². The summed E-state index contributed by atoms with van der Waals surface area (Å²) in [4.78, 5) is 36.2. The standard InChI is InChI=1S/C17H14N2O3/c20-15(17(22)18-10-11-6-2-1-3-7-11)14-12-8-4-5-9-13(12)19-16(14)21/h1-9,14H,10H2,(H,18,22)(H,19,21)/t14-/m1/s1. The van der Waals surface area contributed by atoms with E-state index in [9.17, 15) is 14.4 Å².